The van der Waals surface area contributed by atoms with E-state index in [2.05, 4.69) is 5.10 Å². The molecule has 0 spiro atoms. The van der Waals surface area contributed by atoms with Crippen LogP contribution in [0.4, 0.5) is 18.9 Å². The van der Waals surface area contributed by atoms with Crippen molar-refractivity contribution < 1.29 is 27.9 Å². The average molecular weight is 404 g/mol. The van der Waals surface area contributed by atoms with Gasteiger partial charge in [-0.1, -0.05) is 0 Å². The number of nitrogens with zero attached hydrogens (tertiary/aromatic N) is 4. The Morgan fingerprint density at radius 1 is 1.24 bits per heavy atom. The number of aromatic hydroxyl groups is 1. The summed E-state index contributed by atoms with van der Waals surface area (Å²) in [6, 6.07) is 9.96. The standard InChI is InChI=1S/C18H11F3N4O4/c1-29-15-7-2-10(8-14(15)26)16-13(9-22)17(18(19,20)21)23-24(16)11-3-5-12(6-4-11)25(27)28/h2-8,26H,1H3. The Hall–Kier alpha value is -4.07. The summed E-state index contributed by atoms with van der Waals surface area (Å²) in [6.45, 7) is 0. The number of hydrogen-bond acceptors (Lipinski definition) is 6. The molecular formula is C18H11F3N4O4. The van der Waals surface area contributed by atoms with Crippen LogP contribution in [0.3, 0.4) is 0 Å². The summed E-state index contributed by atoms with van der Waals surface area (Å²) in [5.74, 6) is -0.261. The molecule has 0 saturated carbocycles. The summed E-state index contributed by atoms with van der Waals surface area (Å²) >= 11 is 0. The van der Waals surface area contributed by atoms with Gasteiger partial charge in [0.1, 0.15) is 11.6 Å². The Kier molecular flexibility index (Phi) is 4.86. The highest BCUT2D eigenvalue weighted by Crippen LogP contribution is 2.39. The van der Waals surface area contributed by atoms with E-state index < -0.39 is 22.4 Å². The highest BCUT2D eigenvalue weighted by molar-refractivity contribution is 5.73. The van der Waals surface area contributed by atoms with E-state index in [0.29, 0.717) is 0 Å². The zero-order valence-electron chi connectivity index (χ0n) is 14.6. The van der Waals surface area contributed by atoms with Gasteiger partial charge in [0.05, 0.1) is 23.4 Å². The van der Waals surface area contributed by atoms with E-state index in [1.165, 1.54) is 37.4 Å². The van der Waals surface area contributed by atoms with E-state index in [1.807, 2.05) is 0 Å². The van der Waals surface area contributed by atoms with Crippen molar-refractivity contribution in [1.82, 2.24) is 9.78 Å². The number of nitriles is 1. The van der Waals surface area contributed by atoms with Gasteiger partial charge in [0.25, 0.3) is 5.69 Å². The Morgan fingerprint density at radius 3 is 2.38 bits per heavy atom. The molecule has 1 heterocycles. The van der Waals surface area contributed by atoms with Crippen LogP contribution < -0.4 is 4.74 Å². The molecule has 0 unspecified atom stereocenters. The number of alkyl halides is 3. The summed E-state index contributed by atoms with van der Waals surface area (Å²) in [5.41, 5.74) is -2.52. The number of hydrogen-bond donors (Lipinski definition) is 1. The first-order valence-electron chi connectivity index (χ1n) is 7.90. The molecule has 0 aliphatic rings. The lowest BCUT2D eigenvalue weighted by molar-refractivity contribution is -0.384. The first kappa shape index (κ1) is 19.7. The van der Waals surface area contributed by atoms with Crippen molar-refractivity contribution in [3.8, 4) is 34.5 Å². The molecule has 0 saturated heterocycles. The Morgan fingerprint density at radius 2 is 1.90 bits per heavy atom. The fourth-order valence-electron chi connectivity index (χ4n) is 2.73. The van der Waals surface area contributed by atoms with E-state index in [0.717, 1.165) is 22.9 Å². The number of phenolic OH excluding ortho intramolecular Hbond substituents is 1. The molecule has 0 fully saturated rings. The van der Waals surface area contributed by atoms with Crippen LogP contribution in [0, 0.1) is 21.4 Å². The van der Waals surface area contributed by atoms with Crippen LogP contribution in [0.2, 0.25) is 0 Å². The first-order chi connectivity index (χ1) is 13.7. The molecule has 3 aromatic rings. The first-order valence-corrected chi connectivity index (χ1v) is 7.90. The van der Waals surface area contributed by atoms with Crippen LogP contribution >= 0.6 is 0 Å². The minimum Gasteiger partial charge on any atom is -0.504 e. The van der Waals surface area contributed by atoms with Crippen LogP contribution in [-0.4, -0.2) is 26.9 Å². The Balaban J connectivity index is 2.30. The van der Waals surface area contributed by atoms with Crippen LogP contribution in [-0.2, 0) is 6.18 Å². The van der Waals surface area contributed by atoms with Gasteiger partial charge in [0, 0.05) is 17.7 Å². The fourth-order valence-corrected chi connectivity index (χ4v) is 2.73. The second-order valence-corrected chi connectivity index (χ2v) is 5.75. The monoisotopic (exact) mass is 404 g/mol. The van der Waals surface area contributed by atoms with Crippen LogP contribution in [0.5, 0.6) is 11.5 Å². The second-order valence-electron chi connectivity index (χ2n) is 5.75. The predicted molar refractivity (Wildman–Crippen MR) is 93.6 cm³/mol. The molecule has 0 aliphatic heterocycles. The molecule has 3 rings (SSSR count). The van der Waals surface area contributed by atoms with E-state index in [-0.39, 0.29) is 34.1 Å². The van der Waals surface area contributed by atoms with Gasteiger partial charge in [0.2, 0.25) is 0 Å². The van der Waals surface area contributed by atoms with Crippen molar-refractivity contribution in [3.05, 3.63) is 63.8 Å². The number of halogens is 3. The lowest BCUT2D eigenvalue weighted by atomic mass is 10.0. The quantitative estimate of drug-likeness (QED) is 0.518. The smallest absolute Gasteiger partial charge is 0.436 e. The topological polar surface area (TPSA) is 114 Å². The molecule has 0 bridgehead atoms. The number of phenols is 1. The number of non-ortho nitro benzene ring substituents is 1. The van der Waals surface area contributed by atoms with Crippen molar-refractivity contribution in [1.29, 1.82) is 5.26 Å². The molecule has 0 aliphatic carbocycles. The summed E-state index contributed by atoms with van der Waals surface area (Å²) in [5, 5.41) is 33.8. The SMILES string of the molecule is COc1ccc(-c2c(C#N)c(C(F)(F)F)nn2-c2ccc([N+](=O)[O-])cc2)cc1O. The van der Waals surface area contributed by atoms with Gasteiger partial charge < -0.3 is 9.84 Å². The lowest BCUT2D eigenvalue weighted by Gasteiger charge is -2.10. The second kappa shape index (κ2) is 7.16. The number of rotatable bonds is 4. The number of benzene rings is 2. The normalized spacial score (nSPS) is 11.1. The van der Waals surface area contributed by atoms with E-state index >= 15 is 0 Å². The molecule has 11 heteroatoms. The maximum absolute atomic E-state index is 13.4. The zero-order valence-corrected chi connectivity index (χ0v) is 14.6. The maximum atomic E-state index is 13.4. The summed E-state index contributed by atoms with van der Waals surface area (Å²) in [7, 11) is 1.30. The van der Waals surface area contributed by atoms with E-state index in [4.69, 9.17) is 4.74 Å². The summed E-state index contributed by atoms with van der Waals surface area (Å²) < 4.78 is 46.1. The number of ether oxygens (including phenoxy) is 1. The Labute approximate surface area is 161 Å². The average Bonchev–Trinajstić information content (AvgIpc) is 3.08. The molecule has 0 atom stereocenters. The van der Waals surface area contributed by atoms with Crippen molar-refractivity contribution in [2.45, 2.75) is 6.18 Å². The maximum Gasteiger partial charge on any atom is 0.436 e. The summed E-state index contributed by atoms with van der Waals surface area (Å²) in [4.78, 5) is 10.2. The molecule has 2 aromatic carbocycles. The molecule has 1 N–H and O–H groups in total. The van der Waals surface area contributed by atoms with Gasteiger partial charge in [-0.05, 0) is 30.3 Å². The van der Waals surface area contributed by atoms with Crippen molar-refractivity contribution in [3.63, 3.8) is 0 Å². The number of methoxy groups -OCH3 is 1. The summed E-state index contributed by atoms with van der Waals surface area (Å²) in [6.07, 6.45) is -4.92. The van der Waals surface area contributed by atoms with Crippen LogP contribution in [0.15, 0.2) is 42.5 Å². The molecule has 148 valence electrons. The third-order valence-electron chi connectivity index (χ3n) is 4.02. The van der Waals surface area contributed by atoms with Gasteiger partial charge >= 0.3 is 6.18 Å². The zero-order chi connectivity index (χ0) is 21.3. The van der Waals surface area contributed by atoms with Crippen molar-refractivity contribution >= 4 is 5.69 Å². The van der Waals surface area contributed by atoms with Crippen LogP contribution in [0.1, 0.15) is 11.3 Å². The molecule has 8 nitrogen and oxygen atoms in total. The van der Waals surface area contributed by atoms with Crippen LogP contribution in [0.25, 0.3) is 16.9 Å². The predicted octanol–water partition coefficient (Wildman–Crippen LogP) is 4.05. The molecule has 0 amide bonds. The minimum atomic E-state index is -4.92. The molecule has 0 radical (unpaired) electrons. The van der Waals surface area contributed by atoms with Gasteiger partial charge in [-0.25, -0.2) is 4.68 Å². The van der Waals surface area contributed by atoms with Crippen molar-refractivity contribution in [2.75, 3.05) is 7.11 Å². The van der Waals surface area contributed by atoms with Gasteiger partial charge in [-0.3, -0.25) is 10.1 Å². The van der Waals surface area contributed by atoms with Gasteiger partial charge in [0.15, 0.2) is 17.2 Å². The molecule has 1 aromatic heterocycles. The number of nitro groups is 1. The van der Waals surface area contributed by atoms with Gasteiger partial charge in [-0.15, -0.1) is 0 Å². The number of aromatic nitrogens is 2. The fraction of sp³-hybridized carbons (Fsp3) is 0.111. The number of nitro benzene ring substituents is 1. The molecule has 29 heavy (non-hydrogen) atoms. The highest BCUT2D eigenvalue weighted by atomic mass is 19.4. The Bertz CT molecular complexity index is 1130. The van der Waals surface area contributed by atoms with Gasteiger partial charge in [-0.2, -0.15) is 23.5 Å². The minimum absolute atomic E-state index is 0.0629. The highest BCUT2D eigenvalue weighted by Gasteiger charge is 2.40. The van der Waals surface area contributed by atoms with E-state index in [9.17, 15) is 33.7 Å². The third-order valence-corrected chi connectivity index (χ3v) is 4.02. The largest absolute Gasteiger partial charge is 0.504 e. The van der Waals surface area contributed by atoms with Crippen molar-refractivity contribution in [2.24, 2.45) is 0 Å². The lowest BCUT2D eigenvalue weighted by Crippen LogP contribution is -2.08. The molecular weight excluding hydrogens is 393 g/mol. The van der Waals surface area contributed by atoms with E-state index in [1.54, 1.807) is 0 Å². The third kappa shape index (κ3) is 3.55.